The molecular weight excluding hydrogens is 511 g/mol. The zero-order valence-electron chi connectivity index (χ0n) is 20.2. The number of ether oxygens (including phenoxy) is 1. The van der Waals surface area contributed by atoms with E-state index in [0.29, 0.717) is 28.8 Å². The SMILES string of the molecule is O=C(c1ccc(Oc2nccnc2C(=O)NCCc2ccc(C(F)(F)F)cc2)cc1)c1nc2ccccc2[nH]1. The number of hydrogen-bond donors (Lipinski definition) is 2. The van der Waals surface area contributed by atoms with Crippen molar-refractivity contribution in [2.45, 2.75) is 12.6 Å². The molecule has 196 valence electrons. The van der Waals surface area contributed by atoms with E-state index in [1.54, 1.807) is 24.3 Å². The number of amides is 1. The average Bonchev–Trinajstić information content (AvgIpc) is 3.38. The van der Waals surface area contributed by atoms with Gasteiger partial charge in [0.25, 0.3) is 11.8 Å². The Labute approximate surface area is 219 Å². The van der Waals surface area contributed by atoms with Crippen molar-refractivity contribution in [3.8, 4) is 11.6 Å². The van der Waals surface area contributed by atoms with Gasteiger partial charge in [0.05, 0.1) is 16.6 Å². The van der Waals surface area contributed by atoms with Crippen molar-refractivity contribution in [2.75, 3.05) is 6.54 Å². The lowest BCUT2D eigenvalue weighted by molar-refractivity contribution is -0.137. The first-order chi connectivity index (χ1) is 18.8. The van der Waals surface area contributed by atoms with E-state index < -0.39 is 17.6 Å². The molecule has 0 aliphatic carbocycles. The summed E-state index contributed by atoms with van der Waals surface area (Å²) in [6, 6.07) is 18.3. The van der Waals surface area contributed by atoms with Crippen molar-refractivity contribution < 1.29 is 27.5 Å². The summed E-state index contributed by atoms with van der Waals surface area (Å²) < 4.78 is 43.9. The van der Waals surface area contributed by atoms with Crippen LogP contribution in [0.5, 0.6) is 11.6 Å². The quantitative estimate of drug-likeness (QED) is 0.261. The molecule has 1 amide bonds. The summed E-state index contributed by atoms with van der Waals surface area (Å²) in [4.78, 5) is 41.0. The molecule has 2 heterocycles. The number of para-hydroxylation sites is 2. The largest absolute Gasteiger partial charge is 0.437 e. The summed E-state index contributed by atoms with van der Waals surface area (Å²) in [7, 11) is 0. The topological polar surface area (TPSA) is 110 Å². The normalized spacial score (nSPS) is 11.4. The van der Waals surface area contributed by atoms with Gasteiger partial charge < -0.3 is 15.0 Å². The van der Waals surface area contributed by atoms with Crippen LogP contribution in [0.4, 0.5) is 13.2 Å². The van der Waals surface area contributed by atoms with Crippen LogP contribution in [-0.4, -0.2) is 38.2 Å². The maximum Gasteiger partial charge on any atom is 0.416 e. The number of aromatic nitrogens is 4. The fraction of sp³-hybridized carbons (Fsp3) is 0.107. The van der Waals surface area contributed by atoms with E-state index in [2.05, 4.69) is 25.3 Å². The summed E-state index contributed by atoms with van der Waals surface area (Å²) in [6.07, 6.45) is -1.37. The molecule has 2 N–H and O–H groups in total. The van der Waals surface area contributed by atoms with E-state index in [9.17, 15) is 22.8 Å². The van der Waals surface area contributed by atoms with E-state index in [1.807, 2.05) is 24.3 Å². The number of nitrogens with one attached hydrogen (secondary N) is 2. The molecule has 0 aliphatic heterocycles. The third-order valence-electron chi connectivity index (χ3n) is 5.80. The van der Waals surface area contributed by atoms with Gasteiger partial charge in [-0.05, 0) is 60.5 Å². The highest BCUT2D eigenvalue weighted by molar-refractivity contribution is 6.08. The van der Waals surface area contributed by atoms with Crippen LogP contribution in [-0.2, 0) is 12.6 Å². The van der Waals surface area contributed by atoms with Crippen LogP contribution in [0.15, 0.2) is 85.2 Å². The molecule has 2 aromatic heterocycles. The molecule has 5 aromatic rings. The molecular formula is C28H20F3N5O3. The summed E-state index contributed by atoms with van der Waals surface area (Å²) in [5, 5.41) is 2.67. The molecule has 0 atom stereocenters. The third kappa shape index (κ3) is 5.93. The number of nitrogens with zero attached hydrogens (tertiary/aromatic N) is 3. The number of hydrogen-bond acceptors (Lipinski definition) is 6. The molecule has 0 bridgehead atoms. The van der Waals surface area contributed by atoms with Crippen molar-refractivity contribution in [3.05, 3.63) is 113 Å². The monoisotopic (exact) mass is 531 g/mol. The molecule has 8 nitrogen and oxygen atoms in total. The number of alkyl halides is 3. The smallest absolute Gasteiger partial charge is 0.416 e. The fourth-order valence-corrected chi connectivity index (χ4v) is 3.80. The van der Waals surface area contributed by atoms with Crippen LogP contribution in [0.3, 0.4) is 0 Å². The number of imidazole rings is 1. The highest BCUT2D eigenvalue weighted by Gasteiger charge is 2.29. The highest BCUT2D eigenvalue weighted by Crippen LogP contribution is 2.29. The summed E-state index contributed by atoms with van der Waals surface area (Å²) >= 11 is 0. The lowest BCUT2D eigenvalue weighted by Gasteiger charge is -2.10. The van der Waals surface area contributed by atoms with Gasteiger partial charge in [0.1, 0.15) is 5.75 Å². The third-order valence-corrected chi connectivity index (χ3v) is 5.80. The first-order valence-electron chi connectivity index (χ1n) is 11.8. The molecule has 0 radical (unpaired) electrons. The van der Waals surface area contributed by atoms with Gasteiger partial charge in [-0.1, -0.05) is 24.3 Å². The zero-order valence-corrected chi connectivity index (χ0v) is 20.2. The number of ketones is 1. The molecule has 0 saturated carbocycles. The number of halogens is 3. The number of carbonyl (C=O) groups is 2. The van der Waals surface area contributed by atoms with Gasteiger partial charge >= 0.3 is 6.18 Å². The van der Waals surface area contributed by atoms with Crippen LogP contribution >= 0.6 is 0 Å². The molecule has 3 aromatic carbocycles. The number of rotatable bonds is 8. The van der Waals surface area contributed by atoms with Gasteiger partial charge in [-0.25, -0.2) is 15.0 Å². The van der Waals surface area contributed by atoms with Crippen molar-refractivity contribution >= 4 is 22.7 Å². The number of H-pyrrole nitrogens is 1. The Morgan fingerprint density at radius 1 is 0.897 bits per heavy atom. The fourth-order valence-electron chi connectivity index (χ4n) is 3.80. The maximum absolute atomic E-state index is 12.8. The molecule has 11 heteroatoms. The minimum absolute atomic E-state index is 0.0408. The average molecular weight is 531 g/mol. The maximum atomic E-state index is 12.8. The van der Waals surface area contributed by atoms with Crippen molar-refractivity contribution in [3.63, 3.8) is 0 Å². The molecule has 0 fully saturated rings. The number of carbonyl (C=O) groups excluding carboxylic acids is 2. The molecule has 0 spiro atoms. The Kier molecular flexibility index (Phi) is 7.04. The van der Waals surface area contributed by atoms with Crippen molar-refractivity contribution in [1.29, 1.82) is 0 Å². The van der Waals surface area contributed by atoms with Gasteiger partial charge in [-0.2, -0.15) is 13.2 Å². The molecule has 5 rings (SSSR count). The summed E-state index contributed by atoms with van der Waals surface area (Å²) in [5.74, 6) is -0.336. The summed E-state index contributed by atoms with van der Waals surface area (Å²) in [6.45, 7) is 0.165. The second-order valence-electron chi connectivity index (χ2n) is 8.47. The first kappa shape index (κ1) is 25.6. The number of benzene rings is 3. The molecule has 39 heavy (non-hydrogen) atoms. The Hall–Kier alpha value is -5.06. The van der Waals surface area contributed by atoms with Gasteiger partial charge in [-0.3, -0.25) is 9.59 Å². The van der Waals surface area contributed by atoms with Gasteiger partial charge in [0.15, 0.2) is 11.5 Å². The minimum atomic E-state index is -4.40. The second kappa shape index (κ2) is 10.7. The van der Waals surface area contributed by atoms with Crippen molar-refractivity contribution in [1.82, 2.24) is 25.3 Å². The Morgan fingerprint density at radius 3 is 2.33 bits per heavy atom. The van der Waals surface area contributed by atoms with Crippen LogP contribution in [0, 0.1) is 0 Å². The lowest BCUT2D eigenvalue weighted by atomic mass is 10.1. The predicted molar refractivity (Wildman–Crippen MR) is 136 cm³/mol. The van der Waals surface area contributed by atoms with E-state index in [0.717, 1.165) is 17.6 Å². The number of fused-ring (bicyclic) bond motifs is 1. The Morgan fingerprint density at radius 2 is 1.62 bits per heavy atom. The van der Waals surface area contributed by atoms with Gasteiger partial charge in [0.2, 0.25) is 5.78 Å². The van der Waals surface area contributed by atoms with Crippen LogP contribution in [0.1, 0.15) is 37.8 Å². The number of aromatic amines is 1. The Bertz CT molecular complexity index is 1600. The van der Waals surface area contributed by atoms with E-state index in [-0.39, 0.29) is 29.7 Å². The lowest BCUT2D eigenvalue weighted by Crippen LogP contribution is -2.27. The first-order valence-corrected chi connectivity index (χ1v) is 11.8. The second-order valence-corrected chi connectivity index (χ2v) is 8.47. The van der Waals surface area contributed by atoms with E-state index >= 15 is 0 Å². The van der Waals surface area contributed by atoms with Gasteiger partial charge in [-0.15, -0.1) is 0 Å². The van der Waals surface area contributed by atoms with Crippen molar-refractivity contribution in [2.24, 2.45) is 0 Å². The van der Waals surface area contributed by atoms with Crippen LogP contribution < -0.4 is 10.1 Å². The van der Waals surface area contributed by atoms with E-state index in [4.69, 9.17) is 4.74 Å². The highest BCUT2D eigenvalue weighted by atomic mass is 19.4. The van der Waals surface area contributed by atoms with Crippen LogP contribution in [0.2, 0.25) is 0 Å². The Balaban J connectivity index is 1.21. The molecule has 0 saturated heterocycles. The molecule has 0 unspecified atom stereocenters. The predicted octanol–water partition coefficient (Wildman–Crippen LogP) is 5.37. The molecule has 0 aliphatic rings. The minimum Gasteiger partial charge on any atom is -0.437 e. The summed E-state index contributed by atoms with van der Waals surface area (Å²) in [5.41, 5.74) is 1.68. The zero-order chi connectivity index (χ0) is 27.4. The van der Waals surface area contributed by atoms with Crippen LogP contribution in [0.25, 0.3) is 11.0 Å². The van der Waals surface area contributed by atoms with E-state index in [1.165, 1.54) is 24.5 Å². The standard InChI is InChI=1S/C28H20F3N5O3/c29-28(30,31)19-9-5-17(6-10-19)13-14-33-26(38)23-27(34-16-15-32-23)39-20-11-7-18(8-12-20)24(37)25-35-21-3-1-2-4-22(21)36-25/h1-12,15-16H,13-14H2,(H,33,38)(H,35,36). The van der Waals surface area contributed by atoms with Gasteiger partial charge in [0, 0.05) is 24.5 Å².